The van der Waals surface area contributed by atoms with E-state index < -0.39 is 10.0 Å². The van der Waals surface area contributed by atoms with E-state index in [-0.39, 0.29) is 0 Å². The zero-order valence-corrected chi connectivity index (χ0v) is 23.6. The largest absolute Gasteiger partial charge is 0.497 e. The minimum atomic E-state index is -3.58. The van der Waals surface area contributed by atoms with Gasteiger partial charge in [-0.15, -0.1) is 0 Å². The Bertz CT molecular complexity index is 836. The summed E-state index contributed by atoms with van der Waals surface area (Å²) in [5, 5.41) is 3.44. The molecule has 0 radical (unpaired) electrons. The van der Waals surface area contributed by atoms with Crippen molar-refractivity contribution < 1.29 is 17.9 Å². The summed E-state index contributed by atoms with van der Waals surface area (Å²) in [6.45, 7) is 13.7. The van der Waals surface area contributed by atoms with E-state index >= 15 is 0 Å². The predicted molar refractivity (Wildman–Crippen MR) is 143 cm³/mol. The molecule has 0 saturated carbocycles. The molecular weight excluding hydrogens is 464 g/mol. The van der Waals surface area contributed by atoms with Crippen LogP contribution in [0.25, 0.3) is 0 Å². The number of sulfonamides is 1. The van der Waals surface area contributed by atoms with Gasteiger partial charge in [0.25, 0.3) is 0 Å². The number of aryl methyl sites for hydroxylation is 2. The molecule has 1 aromatic carbocycles. The number of hydrogen-bond donors (Lipinski definition) is 1. The molecular formula is C26H48N4O4S. The first-order valence-corrected chi connectivity index (χ1v) is 14.5. The molecule has 1 aromatic rings. The van der Waals surface area contributed by atoms with Crippen molar-refractivity contribution in [2.75, 3.05) is 80.2 Å². The third-order valence-corrected chi connectivity index (χ3v) is 9.14. The Balaban J connectivity index is 1.64. The van der Waals surface area contributed by atoms with E-state index in [0.29, 0.717) is 47.6 Å². The lowest BCUT2D eigenvalue weighted by molar-refractivity contribution is 0.104. The normalized spacial score (nSPS) is 16.2. The van der Waals surface area contributed by atoms with Crippen LogP contribution in [0.3, 0.4) is 0 Å². The van der Waals surface area contributed by atoms with Gasteiger partial charge in [0.2, 0.25) is 10.0 Å². The van der Waals surface area contributed by atoms with E-state index in [2.05, 4.69) is 29.1 Å². The molecule has 0 aliphatic carbocycles. The molecule has 0 spiro atoms. The van der Waals surface area contributed by atoms with Crippen LogP contribution in [-0.4, -0.2) is 109 Å². The van der Waals surface area contributed by atoms with Gasteiger partial charge in [0.05, 0.1) is 25.2 Å². The van der Waals surface area contributed by atoms with Crippen molar-refractivity contribution in [2.24, 2.45) is 0 Å². The summed E-state index contributed by atoms with van der Waals surface area (Å²) in [6.07, 6.45) is 4.95. The Labute approximate surface area is 214 Å². The van der Waals surface area contributed by atoms with Crippen molar-refractivity contribution in [2.45, 2.75) is 57.4 Å². The van der Waals surface area contributed by atoms with Gasteiger partial charge >= 0.3 is 0 Å². The first-order valence-electron chi connectivity index (χ1n) is 13.0. The van der Waals surface area contributed by atoms with Gasteiger partial charge < -0.3 is 19.7 Å². The predicted octanol–water partition coefficient (Wildman–Crippen LogP) is 2.74. The Hall–Kier alpha value is -1.23. The van der Waals surface area contributed by atoms with E-state index in [1.165, 1.54) is 43.1 Å². The third kappa shape index (κ3) is 9.30. The second kappa shape index (κ2) is 15.1. The first-order chi connectivity index (χ1) is 16.7. The molecule has 35 heavy (non-hydrogen) atoms. The molecule has 1 aliphatic heterocycles. The van der Waals surface area contributed by atoms with Crippen molar-refractivity contribution in [3.05, 3.63) is 23.3 Å². The molecule has 1 N–H and O–H groups in total. The van der Waals surface area contributed by atoms with Crippen LogP contribution in [-0.2, 0) is 14.8 Å². The lowest BCUT2D eigenvalue weighted by atomic mass is 10.0. The number of hydrogen-bond acceptors (Lipinski definition) is 7. The first kappa shape index (κ1) is 30.0. The molecule has 1 saturated heterocycles. The van der Waals surface area contributed by atoms with Crippen LogP contribution in [0, 0.1) is 13.8 Å². The molecule has 0 aromatic heterocycles. The molecule has 9 heteroatoms. The number of unbranched alkanes of at least 4 members (excludes halogenated alkanes) is 1. The van der Waals surface area contributed by atoms with Crippen LogP contribution in [0.4, 0.5) is 0 Å². The molecule has 0 amide bonds. The van der Waals surface area contributed by atoms with Gasteiger partial charge in [-0.3, -0.25) is 4.90 Å². The van der Waals surface area contributed by atoms with Crippen molar-refractivity contribution in [3.63, 3.8) is 0 Å². The summed E-state index contributed by atoms with van der Waals surface area (Å²) in [5.74, 6) is 0.666. The van der Waals surface area contributed by atoms with Gasteiger partial charge in [-0.05, 0) is 70.0 Å². The van der Waals surface area contributed by atoms with E-state index in [0.717, 1.165) is 26.2 Å². The maximum absolute atomic E-state index is 13.1. The second-order valence-corrected chi connectivity index (χ2v) is 11.7. The fourth-order valence-corrected chi connectivity index (χ4v) is 6.35. The molecule has 1 aliphatic rings. The summed E-state index contributed by atoms with van der Waals surface area (Å²) in [5.41, 5.74) is 1.38. The summed E-state index contributed by atoms with van der Waals surface area (Å²) < 4.78 is 38.5. The molecule has 0 bridgehead atoms. The summed E-state index contributed by atoms with van der Waals surface area (Å²) >= 11 is 0. The van der Waals surface area contributed by atoms with Gasteiger partial charge in [-0.1, -0.05) is 13.3 Å². The van der Waals surface area contributed by atoms with E-state index in [9.17, 15) is 8.42 Å². The SMILES string of the molecule is CCC(CCCCN(C)CCOCCN(C)S(=O)(=O)c1c(C)cc(OC)cc1C)N1CCNCC1. The summed E-state index contributed by atoms with van der Waals surface area (Å²) in [7, 11) is 1.74. The third-order valence-electron chi connectivity index (χ3n) is 6.97. The van der Waals surface area contributed by atoms with Crippen LogP contribution in [0.5, 0.6) is 5.75 Å². The zero-order valence-electron chi connectivity index (χ0n) is 22.8. The second-order valence-electron chi connectivity index (χ2n) is 9.68. The number of nitrogens with one attached hydrogen (secondary N) is 1. The number of likely N-dealkylation sites (N-methyl/N-ethyl adjacent to an activating group) is 2. The molecule has 2 rings (SSSR count). The average molecular weight is 513 g/mol. The minimum absolute atomic E-state index is 0.321. The summed E-state index contributed by atoms with van der Waals surface area (Å²) in [4.78, 5) is 5.29. The smallest absolute Gasteiger partial charge is 0.243 e. The number of rotatable bonds is 16. The van der Waals surface area contributed by atoms with Crippen molar-refractivity contribution in [1.82, 2.24) is 19.4 Å². The zero-order chi connectivity index (χ0) is 25.8. The van der Waals surface area contributed by atoms with Crippen LogP contribution in [0.1, 0.15) is 43.7 Å². The highest BCUT2D eigenvalue weighted by Crippen LogP contribution is 2.27. The monoisotopic (exact) mass is 512 g/mol. The van der Waals surface area contributed by atoms with E-state index in [1.54, 1.807) is 40.1 Å². The molecule has 8 nitrogen and oxygen atoms in total. The maximum Gasteiger partial charge on any atom is 0.243 e. The quantitative estimate of drug-likeness (QED) is 0.342. The van der Waals surface area contributed by atoms with Crippen molar-refractivity contribution in [1.29, 1.82) is 0 Å². The van der Waals surface area contributed by atoms with E-state index in [1.807, 2.05) is 0 Å². The lowest BCUT2D eigenvalue weighted by Gasteiger charge is -2.34. The number of ether oxygens (including phenoxy) is 2. The number of methoxy groups -OCH3 is 1. The standard InChI is InChI=1S/C26H48N4O4S/c1-7-24(30-14-11-27-12-15-30)10-8-9-13-28(4)16-18-34-19-17-29(5)35(31,32)26-22(2)20-25(33-6)21-23(26)3/h20-21,24,27H,7-19H2,1-6H3. The Kier molecular flexibility index (Phi) is 13.0. The van der Waals surface area contributed by atoms with E-state index in [4.69, 9.17) is 9.47 Å². The highest BCUT2D eigenvalue weighted by atomic mass is 32.2. The highest BCUT2D eigenvalue weighted by molar-refractivity contribution is 7.89. The Morgan fingerprint density at radius 2 is 1.66 bits per heavy atom. The van der Waals surface area contributed by atoms with Gasteiger partial charge in [0.15, 0.2) is 0 Å². The number of piperazine rings is 1. The Morgan fingerprint density at radius 3 is 2.26 bits per heavy atom. The molecule has 202 valence electrons. The molecule has 1 heterocycles. The average Bonchev–Trinajstić information content (AvgIpc) is 2.83. The maximum atomic E-state index is 13.1. The van der Waals surface area contributed by atoms with Gasteiger partial charge in [0, 0.05) is 52.4 Å². The number of nitrogens with zero attached hydrogens (tertiary/aromatic N) is 3. The van der Waals surface area contributed by atoms with Crippen LogP contribution in [0.15, 0.2) is 17.0 Å². The molecule has 1 atom stereocenters. The highest BCUT2D eigenvalue weighted by Gasteiger charge is 2.25. The van der Waals surface area contributed by atoms with Crippen LogP contribution in [0.2, 0.25) is 0 Å². The van der Waals surface area contributed by atoms with Crippen molar-refractivity contribution in [3.8, 4) is 5.75 Å². The van der Waals surface area contributed by atoms with Crippen LogP contribution >= 0.6 is 0 Å². The van der Waals surface area contributed by atoms with Crippen molar-refractivity contribution >= 4 is 10.0 Å². The van der Waals surface area contributed by atoms with Crippen LogP contribution < -0.4 is 10.1 Å². The number of benzene rings is 1. The topological polar surface area (TPSA) is 74.3 Å². The van der Waals surface area contributed by atoms with Gasteiger partial charge in [-0.25, -0.2) is 8.42 Å². The molecule has 1 fully saturated rings. The fourth-order valence-electron chi connectivity index (χ4n) is 4.79. The minimum Gasteiger partial charge on any atom is -0.497 e. The summed E-state index contributed by atoms with van der Waals surface area (Å²) in [6, 6.07) is 4.23. The lowest BCUT2D eigenvalue weighted by Crippen LogP contribution is -2.48. The fraction of sp³-hybridized carbons (Fsp3) is 0.769. The van der Waals surface area contributed by atoms with Gasteiger partial charge in [-0.2, -0.15) is 4.31 Å². The molecule has 1 unspecified atom stereocenters. The van der Waals surface area contributed by atoms with Gasteiger partial charge in [0.1, 0.15) is 5.75 Å². The Morgan fingerprint density at radius 1 is 1.03 bits per heavy atom.